The van der Waals surface area contributed by atoms with Crippen molar-refractivity contribution in [2.24, 2.45) is 5.92 Å². The van der Waals surface area contributed by atoms with Crippen LogP contribution in [0.3, 0.4) is 0 Å². The molecule has 2 nitrogen and oxygen atoms in total. The molecule has 1 amide bonds. The van der Waals surface area contributed by atoms with Gasteiger partial charge in [-0.25, -0.2) is 0 Å². The van der Waals surface area contributed by atoms with Crippen molar-refractivity contribution in [3.8, 4) is 0 Å². The van der Waals surface area contributed by atoms with Crippen LogP contribution in [0.15, 0.2) is 18.2 Å². The number of carbonyl (C=O) groups excluding carboxylic acids is 1. The van der Waals surface area contributed by atoms with Crippen LogP contribution < -0.4 is 0 Å². The van der Waals surface area contributed by atoms with Crippen molar-refractivity contribution >= 4 is 17.5 Å². The third kappa shape index (κ3) is 3.05. The van der Waals surface area contributed by atoms with Crippen molar-refractivity contribution in [1.82, 2.24) is 4.90 Å². The third-order valence-electron chi connectivity index (χ3n) is 3.70. The predicted octanol–water partition coefficient (Wildman–Crippen LogP) is 2.93. The highest BCUT2D eigenvalue weighted by atomic mass is 35.5. The SMILES string of the molecule is Cc1ccc(C)c(CC(=O)N2CCC(CCl)C2)c1. The van der Waals surface area contributed by atoms with Crippen molar-refractivity contribution in [2.75, 3.05) is 19.0 Å². The lowest BCUT2D eigenvalue weighted by Crippen LogP contribution is -2.30. The zero-order valence-electron chi connectivity index (χ0n) is 11.1. The van der Waals surface area contributed by atoms with Crippen LogP contribution in [-0.2, 0) is 11.2 Å². The van der Waals surface area contributed by atoms with E-state index in [0.717, 1.165) is 25.1 Å². The molecule has 0 aliphatic carbocycles. The standard InChI is InChI=1S/C15H20ClNO/c1-11-3-4-12(2)14(7-11)8-15(18)17-6-5-13(9-16)10-17/h3-4,7,13H,5-6,8-10H2,1-2H3. The molecule has 18 heavy (non-hydrogen) atoms. The average Bonchev–Trinajstić information content (AvgIpc) is 2.82. The molecule has 3 heteroatoms. The van der Waals surface area contributed by atoms with Crippen molar-refractivity contribution in [1.29, 1.82) is 0 Å². The summed E-state index contributed by atoms with van der Waals surface area (Å²) in [7, 11) is 0. The Morgan fingerprint density at radius 1 is 1.44 bits per heavy atom. The fourth-order valence-corrected chi connectivity index (χ4v) is 2.70. The minimum absolute atomic E-state index is 0.233. The minimum atomic E-state index is 0.233. The van der Waals surface area contributed by atoms with E-state index < -0.39 is 0 Å². The van der Waals surface area contributed by atoms with Crippen LogP contribution in [0.5, 0.6) is 0 Å². The topological polar surface area (TPSA) is 20.3 Å². The van der Waals surface area contributed by atoms with Crippen LogP contribution in [0.1, 0.15) is 23.1 Å². The van der Waals surface area contributed by atoms with Gasteiger partial charge >= 0.3 is 0 Å². The van der Waals surface area contributed by atoms with Crippen LogP contribution in [0.4, 0.5) is 0 Å². The number of halogens is 1. The molecule has 98 valence electrons. The molecular formula is C15H20ClNO. The zero-order valence-corrected chi connectivity index (χ0v) is 11.8. The van der Waals surface area contributed by atoms with E-state index in [9.17, 15) is 4.79 Å². The van der Waals surface area contributed by atoms with Crippen molar-refractivity contribution in [3.05, 3.63) is 34.9 Å². The summed E-state index contributed by atoms with van der Waals surface area (Å²) in [5, 5.41) is 0. The molecule has 1 saturated heterocycles. The van der Waals surface area contributed by atoms with E-state index in [0.29, 0.717) is 18.2 Å². The fourth-order valence-electron chi connectivity index (χ4n) is 2.45. The van der Waals surface area contributed by atoms with E-state index >= 15 is 0 Å². The number of nitrogens with zero attached hydrogens (tertiary/aromatic N) is 1. The van der Waals surface area contributed by atoms with E-state index in [4.69, 9.17) is 11.6 Å². The number of rotatable bonds is 3. The molecule has 0 bridgehead atoms. The predicted molar refractivity (Wildman–Crippen MR) is 75.0 cm³/mol. The Morgan fingerprint density at radius 2 is 2.22 bits per heavy atom. The number of hydrogen-bond donors (Lipinski definition) is 0. The maximum Gasteiger partial charge on any atom is 0.227 e. The second-order valence-electron chi connectivity index (χ2n) is 5.26. The van der Waals surface area contributed by atoms with Crippen molar-refractivity contribution in [3.63, 3.8) is 0 Å². The van der Waals surface area contributed by atoms with Gasteiger partial charge in [0, 0.05) is 19.0 Å². The van der Waals surface area contributed by atoms with E-state index in [1.54, 1.807) is 0 Å². The van der Waals surface area contributed by atoms with Gasteiger partial charge in [-0.1, -0.05) is 23.8 Å². The number of hydrogen-bond acceptors (Lipinski definition) is 1. The summed E-state index contributed by atoms with van der Waals surface area (Å²) in [5.41, 5.74) is 3.56. The number of aryl methyl sites for hydroxylation is 2. The average molecular weight is 266 g/mol. The Labute approximate surface area is 114 Å². The molecule has 1 heterocycles. The fraction of sp³-hybridized carbons (Fsp3) is 0.533. The number of carbonyl (C=O) groups is 1. The molecule has 1 unspecified atom stereocenters. The highest BCUT2D eigenvalue weighted by Gasteiger charge is 2.25. The Kier molecular flexibility index (Phi) is 4.28. The van der Waals surface area contributed by atoms with E-state index in [1.807, 2.05) is 4.90 Å². The maximum atomic E-state index is 12.2. The third-order valence-corrected chi connectivity index (χ3v) is 4.14. The first-order valence-electron chi connectivity index (χ1n) is 6.50. The van der Waals surface area contributed by atoms with Gasteiger partial charge in [0.25, 0.3) is 0 Å². The van der Waals surface area contributed by atoms with Crippen LogP contribution >= 0.6 is 11.6 Å². The number of likely N-dealkylation sites (tertiary alicyclic amines) is 1. The lowest BCUT2D eigenvalue weighted by Gasteiger charge is -2.17. The molecule has 1 fully saturated rings. The summed E-state index contributed by atoms with van der Waals surface area (Å²) in [4.78, 5) is 14.2. The number of amides is 1. The summed E-state index contributed by atoms with van der Waals surface area (Å²) in [6.07, 6.45) is 1.56. The van der Waals surface area contributed by atoms with Crippen LogP contribution in [0, 0.1) is 19.8 Å². The summed E-state index contributed by atoms with van der Waals surface area (Å²) >= 11 is 5.85. The van der Waals surface area contributed by atoms with Gasteiger partial charge in [-0.2, -0.15) is 0 Å². The van der Waals surface area contributed by atoms with Gasteiger partial charge in [-0.15, -0.1) is 11.6 Å². The first-order valence-corrected chi connectivity index (χ1v) is 7.03. The Balaban J connectivity index is 2.01. The van der Waals surface area contributed by atoms with Gasteiger partial charge < -0.3 is 4.90 Å². The van der Waals surface area contributed by atoms with Crippen LogP contribution in [0.2, 0.25) is 0 Å². The molecule has 0 spiro atoms. The molecular weight excluding hydrogens is 246 g/mol. The summed E-state index contributed by atoms with van der Waals surface area (Å²) < 4.78 is 0. The molecule has 1 atom stereocenters. The second-order valence-corrected chi connectivity index (χ2v) is 5.56. The van der Waals surface area contributed by atoms with Gasteiger partial charge in [-0.3, -0.25) is 4.79 Å². The van der Waals surface area contributed by atoms with E-state index in [-0.39, 0.29) is 5.91 Å². The second kappa shape index (κ2) is 5.75. The van der Waals surface area contributed by atoms with Crippen LogP contribution in [0.25, 0.3) is 0 Å². The zero-order chi connectivity index (χ0) is 13.1. The number of benzene rings is 1. The molecule has 1 aliphatic heterocycles. The monoisotopic (exact) mass is 265 g/mol. The Bertz CT molecular complexity index is 444. The molecule has 0 saturated carbocycles. The van der Waals surface area contributed by atoms with Gasteiger partial charge in [0.1, 0.15) is 0 Å². The van der Waals surface area contributed by atoms with Crippen molar-refractivity contribution < 1.29 is 4.79 Å². The summed E-state index contributed by atoms with van der Waals surface area (Å²) in [5.74, 6) is 1.37. The number of alkyl halides is 1. The Hall–Kier alpha value is -1.02. The minimum Gasteiger partial charge on any atom is -0.342 e. The van der Waals surface area contributed by atoms with E-state index in [1.165, 1.54) is 11.1 Å². The van der Waals surface area contributed by atoms with Gasteiger partial charge in [-0.05, 0) is 37.3 Å². The highest BCUT2D eigenvalue weighted by Crippen LogP contribution is 2.19. The Morgan fingerprint density at radius 3 is 2.89 bits per heavy atom. The van der Waals surface area contributed by atoms with Crippen molar-refractivity contribution in [2.45, 2.75) is 26.7 Å². The lowest BCUT2D eigenvalue weighted by atomic mass is 10.0. The first kappa shape index (κ1) is 13.4. The highest BCUT2D eigenvalue weighted by molar-refractivity contribution is 6.18. The quantitative estimate of drug-likeness (QED) is 0.770. The molecule has 1 aromatic carbocycles. The smallest absolute Gasteiger partial charge is 0.227 e. The molecule has 1 aliphatic rings. The molecule has 2 rings (SSSR count). The normalized spacial score (nSPS) is 19.3. The van der Waals surface area contributed by atoms with Gasteiger partial charge in [0.2, 0.25) is 5.91 Å². The largest absolute Gasteiger partial charge is 0.342 e. The molecule has 0 N–H and O–H groups in total. The van der Waals surface area contributed by atoms with Gasteiger partial charge in [0.05, 0.1) is 6.42 Å². The van der Waals surface area contributed by atoms with Gasteiger partial charge in [0.15, 0.2) is 0 Å². The lowest BCUT2D eigenvalue weighted by molar-refractivity contribution is -0.129. The van der Waals surface area contributed by atoms with Crippen LogP contribution in [-0.4, -0.2) is 29.8 Å². The van der Waals surface area contributed by atoms with E-state index in [2.05, 4.69) is 32.0 Å². The summed E-state index contributed by atoms with van der Waals surface area (Å²) in [6.45, 7) is 5.81. The first-order chi connectivity index (χ1) is 8.60. The summed E-state index contributed by atoms with van der Waals surface area (Å²) in [6, 6.07) is 6.29. The molecule has 0 radical (unpaired) electrons. The molecule has 1 aromatic rings. The maximum absolute atomic E-state index is 12.2. The molecule has 0 aromatic heterocycles.